The zero-order chi connectivity index (χ0) is 16.1. The minimum absolute atomic E-state index is 0.207. The molecule has 1 aromatic carbocycles. The first kappa shape index (κ1) is 15.7. The van der Waals surface area contributed by atoms with Crippen LogP contribution in [0.2, 0.25) is 0 Å². The lowest BCUT2D eigenvalue weighted by Gasteiger charge is -2.12. The van der Waals surface area contributed by atoms with Crippen LogP contribution in [-0.4, -0.2) is 27.1 Å². The van der Waals surface area contributed by atoms with E-state index in [1.54, 1.807) is 58.6 Å². The molecule has 5 nitrogen and oxygen atoms in total. The van der Waals surface area contributed by atoms with Crippen molar-refractivity contribution in [3.8, 4) is 17.2 Å². The molecule has 0 aliphatic rings. The minimum atomic E-state index is -0.207. The third-order valence-electron chi connectivity index (χ3n) is 3.10. The Kier molecular flexibility index (Phi) is 4.88. The van der Waals surface area contributed by atoms with Crippen LogP contribution >= 0.6 is 0 Å². The Balaban J connectivity index is 2.29. The lowest BCUT2D eigenvalue weighted by Crippen LogP contribution is -1.96. The average Bonchev–Trinajstić information content (AvgIpc) is 2.97. The van der Waals surface area contributed by atoms with Crippen molar-refractivity contribution >= 4 is 11.9 Å². The molecular formula is C17H18O5. The molecule has 2 rings (SSSR count). The molecule has 0 spiro atoms. The number of rotatable bonds is 6. The summed E-state index contributed by atoms with van der Waals surface area (Å²) in [7, 11) is 4.63. The van der Waals surface area contributed by atoms with E-state index < -0.39 is 0 Å². The molecule has 116 valence electrons. The maximum Gasteiger partial charge on any atom is 0.221 e. The van der Waals surface area contributed by atoms with Crippen molar-refractivity contribution in [2.45, 2.75) is 6.92 Å². The Morgan fingerprint density at radius 2 is 1.68 bits per heavy atom. The van der Waals surface area contributed by atoms with E-state index >= 15 is 0 Å². The Morgan fingerprint density at radius 1 is 1.05 bits per heavy atom. The number of furan rings is 1. The first-order valence-corrected chi connectivity index (χ1v) is 6.68. The van der Waals surface area contributed by atoms with Gasteiger partial charge < -0.3 is 18.6 Å². The molecule has 0 amide bonds. The van der Waals surface area contributed by atoms with Gasteiger partial charge in [0.15, 0.2) is 17.3 Å². The molecule has 0 fully saturated rings. The van der Waals surface area contributed by atoms with Crippen LogP contribution in [0.5, 0.6) is 17.2 Å². The van der Waals surface area contributed by atoms with E-state index in [2.05, 4.69) is 0 Å². The molecular weight excluding hydrogens is 284 g/mol. The van der Waals surface area contributed by atoms with Crippen molar-refractivity contribution in [3.05, 3.63) is 47.4 Å². The van der Waals surface area contributed by atoms with Crippen LogP contribution in [0.4, 0.5) is 0 Å². The minimum Gasteiger partial charge on any atom is -0.493 e. The first-order chi connectivity index (χ1) is 10.6. The molecule has 1 heterocycles. The van der Waals surface area contributed by atoms with Crippen molar-refractivity contribution in [2.75, 3.05) is 21.3 Å². The molecule has 0 aliphatic carbocycles. The predicted octanol–water partition coefficient (Wildman–Crippen LogP) is 3.51. The Labute approximate surface area is 129 Å². The van der Waals surface area contributed by atoms with Crippen LogP contribution in [-0.2, 0) is 0 Å². The van der Waals surface area contributed by atoms with E-state index in [4.69, 9.17) is 18.6 Å². The van der Waals surface area contributed by atoms with Crippen molar-refractivity contribution in [2.24, 2.45) is 0 Å². The Morgan fingerprint density at radius 3 is 2.14 bits per heavy atom. The van der Waals surface area contributed by atoms with Crippen LogP contribution in [0.15, 0.2) is 34.8 Å². The number of aryl methyl sites for hydroxylation is 1. The lowest BCUT2D eigenvalue weighted by molar-refractivity contribution is 0.102. The van der Waals surface area contributed by atoms with Crippen molar-refractivity contribution in [1.29, 1.82) is 0 Å². The number of ether oxygens (including phenoxy) is 3. The van der Waals surface area contributed by atoms with Crippen molar-refractivity contribution in [3.63, 3.8) is 0 Å². The number of hydrogen-bond acceptors (Lipinski definition) is 5. The normalized spacial score (nSPS) is 10.7. The quantitative estimate of drug-likeness (QED) is 0.603. The number of carbonyl (C=O) groups is 1. The molecule has 0 N–H and O–H groups in total. The van der Waals surface area contributed by atoms with Crippen molar-refractivity contribution < 1.29 is 23.4 Å². The van der Waals surface area contributed by atoms with Gasteiger partial charge in [-0.3, -0.25) is 4.79 Å². The standard InChI is InChI=1S/C17H18O5/c1-11-5-8-14(22-11)13(18)7-6-12-9-15(19-2)17(21-4)16(10-12)20-3/h5-10H,1-4H3. The summed E-state index contributed by atoms with van der Waals surface area (Å²) in [4.78, 5) is 12.0. The molecule has 0 radical (unpaired) electrons. The smallest absolute Gasteiger partial charge is 0.221 e. The van der Waals surface area contributed by atoms with Gasteiger partial charge in [0.05, 0.1) is 21.3 Å². The maximum atomic E-state index is 12.0. The van der Waals surface area contributed by atoms with Gasteiger partial charge in [0.2, 0.25) is 11.5 Å². The summed E-state index contributed by atoms with van der Waals surface area (Å²) >= 11 is 0. The van der Waals surface area contributed by atoms with Gasteiger partial charge in [-0.25, -0.2) is 0 Å². The number of allylic oxidation sites excluding steroid dienone is 1. The summed E-state index contributed by atoms with van der Waals surface area (Å²) in [5, 5.41) is 0. The fraction of sp³-hybridized carbons (Fsp3) is 0.235. The third kappa shape index (κ3) is 3.31. The van der Waals surface area contributed by atoms with Gasteiger partial charge in [-0.15, -0.1) is 0 Å². The molecule has 2 aromatic rings. The summed E-state index contributed by atoms with van der Waals surface area (Å²) < 4.78 is 21.1. The summed E-state index contributed by atoms with van der Waals surface area (Å²) in [6, 6.07) is 6.93. The average molecular weight is 302 g/mol. The van der Waals surface area contributed by atoms with Gasteiger partial charge in [-0.05, 0) is 42.8 Å². The van der Waals surface area contributed by atoms with E-state index in [1.807, 2.05) is 0 Å². The summed E-state index contributed by atoms with van der Waals surface area (Å²) in [5.41, 5.74) is 0.756. The largest absolute Gasteiger partial charge is 0.493 e. The fourth-order valence-electron chi connectivity index (χ4n) is 2.02. The highest BCUT2D eigenvalue weighted by atomic mass is 16.5. The SMILES string of the molecule is COc1cc(C=CC(=O)c2ccc(C)o2)cc(OC)c1OC. The van der Waals surface area contributed by atoms with Gasteiger partial charge in [0, 0.05) is 0 Å². The highest BCUT2D eigenvalue weighted by Gasteiger charge is 2.12. The topological polar surface area (TPSA) is 57.9 Å². The van der Waals surface area contributed by atoms with E-state index in [9.17, 15) is 4.79 Å². The van der Waals surface area contributed by atoms with Crippen LogP contribution in [0, 0.1) is 6.92 Å². The van der Waals surface area contributed by atoms with Crippen LogP contribution in [0.1, 0.15) is 21.9 Å². The number of hydrogen-bond donors (Lipinski definition) is 0. The molecule has 0 bridgehead atoms. The molecule has 22 heavy (non-hydrogen) atoms. The number of benzene rings is 1. The molecule has 0 saturated heterocycles. The Bertz CT molecular complexity index is 672. The Hall–Kier alpha value is -2.69. The van der Waals surface area contributed by atoms with Gasteiger partial charge in [-0.1, -0.05) is 6.08 Å². The van der Waals surface area contributed by atoms with Gasteiger partial charge in [0.25, 0.3) is 0 Å². The zero-order valence-corrected chi connectivity index (χ0v) is 13.0. The van der Waals surface area contributed by atoms with Gasteiger partial charge >= 0.3 is 0 Å². The van der Waals surface area contributed by atoms with E-state index in [0.717, 1.165) is 5.56 Å². The van der Waals surface area contributed by atoms with Crippen LogP contribution in [0.3, 0.4) is 0 Å². The van der Waals surface area contributed by atoms with E-state index in [-0.39, 0.29) is 5.78 Å². The summed E-state index contributed by atoms with van der Waals surface area (Å²) in [6.45, 7) is 1.79. The first-order valence-electron chi connectivity index (χ1n) is 6.68. The lowest BCUT2D eigenvalue weighted by atomic mass is 10.1. The second-order valence-corrected chi connectivity index (χ2v) is 4.57. The summed E-state index contributed by atoms with van der Waals surface area (Å²) in [6.07, 6.45) is 3.11. The van der Waals surface area contributed by atoms with Gasteiger partial charge in [0.1, 0.15) is 5.76 Å². The molecule has 0 unspecified atom stereocenters. The van der Waals surface area contributed by atoms with Crippen molar-refractivity contribution in [1.82, 2.24) is 0 Å². The third-order valence-corrected chi connectivity index (χ3v) is 3.10. The molecule has 0 atom stereocenters. The van der Waals surface area contributed by atoms with E-state index in [1.165, 1.54) is 6.08 Å². The molecule has 5 heteroatoms. The van der Waals surface area contributed by atoms with Crippen LogP contribution in [0.25, 0.3) is 6.08 Å². The van der Waals surface area contributed by atoms with Crippen LogP contribution < -0.4 is 14.2 Å². The van der Waals surface area contributed by atoms with Gasteiger partial charge in [-0.2, -0.15) is 0 Å². The predicted molar refractivity (Wildman–Crippen MR) is 82.9 cm³/mol. The highest BCUT2D eigenvalue weighted by molar-refractivity contribution is 6.04. The second-order valence-electron chi connectivity index (χ2n) is 4.57. The summed E-state index contributed by atoms with van der Waals surface area (Å²) in [5.74, 6) is 2.37. The molecule has 0 saturated carbocycles. The molecule has 1 aromatic heterocycles. The number of methoxy groups -OCH3 is 3. The molecule has 0 aliphatic heterocycles. The zero-order valence-electron chi connectivity index (χ0n) is 13.0. The highest BCUT2D eigenvalue weighted by Crippen LogP contribution is 2.38. The number of carbonyl (C=O) groups excluding carboxylic acids is 1. The maximum absolute atomic E-state index is 12.0. The monoisotopic (exact) mass is 302 g/mol. The fourth-order valence-corrected chi connectivity index (χ4v) is 2.02. The van der Waals surface area contributed by atoms with E-state index in [0.29, 0.717) is 28.8 Å². The number of ketones is 1. The second kappa shape index (κ2) is 6.85.